The highest BCUT2D eigenvalue weighted by molar-refractivity contribution is 6.02. The molecule has 1 amide bonds. The molecule has 5 rings (SSSR count). The molecule has 0 atom stereocenters. The molecule has 0 aliphatic rings. The fraction of sp³-hybridized carbons (Fsp3) is 0.192. The number of aryl methyl sites for hydroxylation is 2. The Morgan fingerprint density at radius 1 is 1.11 bits per heavy atom. The Hall–Kier alpha value is -4.73. The van der Waals surface area contributed by atoms with Crippen molar-refractivity contribution in [3.63, 3.8) is 0 Å². The largest absolute Gasteiger partial charge is 0.462 e. The minimum absolute atomic E-state index is 0.203. The molecule has 0 aliphatic heterocycles. The molecule has 5 aromatic rings. The van der Waals surface area contributed by atoms with Gasteiger partial charge in [0.1, 0.15) is 11.3 Å². The van der Waals surface area contributed by atoms with Gasteiger partial charge >= 0.3 is 5.97 Å². The van der Waals surface area contributed by atoms with E-state index >= 15 is 0 Å². The first-order valence-electron chi connectivity index (χ1n) is 11.4. The van der Waals surface area contributed by atoms with Crippen LogP contribution in [0.1, 0.15) is 45.0 Å². The van der Waals surface area contributed by atoms with E-state index in [1.165, 1.54) is 6.20 Å². The van der Waals surface area contributed by atoms with E-state index in [2.05, 4.69) is 20.5 Å². The van der Waals surface area contributed by atoms with Crippen molar-refractivity contribution in [1.29, 1.82) is 0 Å². The summed E-state index contributed by atoms with van der Waals surface area (Å²) in [5.41, 5.74) is 4.69. The van der Waals surface area contributed by atoms with Gasteiger partial charge in [-0.1, -0.05) is 12.1 Å². The van der Waals surface area contributed by atoms with Crippen molar-refractivity contribution >= 4 is 23.2 Å². The van der Waals surface area contributed by atoms with Crippen LogP contribution < -0.4 is 5.32 Å². The van der Waals surface area contributed by atoms with Gasteiger partial charge in [-0.15, -0.1) is 0 Å². The number of aromatic nitrogens is 5. The first-order valence-corrected chi connectivity index (χ1v) is 11.4. The van der Waals surface area contributed by atoms with Crippen LogP contribution in [-0.2, 0) is 11.3 Å². The fourth-order valence-corrected chi connectivity index (χ4v) is 3.98. The van der Waals surface area contributed by atoms with Crippen LogP contribution in [0.15, 0.2) is 65.3 Å². The number of anilines is 1. The predicted molar refractivity (Wildman–Crippen MR) is 132 cm³/mol. The van der Waals surface area contributed by atoms with Crippen molar-refractivity contribution in [2.45, 2.75) is 27.3 Å². The van der Waals surface area contributed by atoms with E-state index < -0.39 is 5.97 Å². The summed E-state index contributed by atoms with van der Waals surface area (Å²) in [6, 6.07) is 14.5. The number of fused-ring (bicyclic) bond motifs is 1. The molecule has 1 aromatic carbocycles. The normalized spacial score (nSPS) is 11.1. The van der Waals surface area contributed by atoms with Crippen molar-refractivity contribution in [2.24, 2.45) is 0 Å². The number of furan rings is 1. The summed E-state index contributed by atoms with van der Waals surface area (Å²) < 4.78 is 14.3. The number of hydrogen-bond donors (Lipinski definition) is 1. The summed E-state index contributed by atoms with van der Waals surface area (Å²) in [6.45, 7) is 6.35. The van der Waals surface area contributed by atoms with Crippen LogP contribution in [0.4, 0.5) is 5.69 Å². The lowest BCUT2D eigenvalue weighted by molar-refractivity contribution is 0.0528. The highest BCUT2D eigenvalue weighted by Gasteiger charge is 2.18. The number of nitrogens with one attached hydrogen (secondary N) is 1. The summed E-state index contributed by atoms with van der Waals surface area (Å²) in [5, 5.41) is 11.6. The van der Waals surface area contributed by atoms with E-state index in [9.17, 15) is 9.59 Å². The Bertz CT molecular complexity index is 1580. The second-order valence-corrected chi connectivity index (χ2v) is 8.23. The molecule has 4 heterocycles. The molecular weight excluding hydrogens is 460 g/mol. The number of benzene rings is 1. The van der Waals surface area contributed by atoms with Gasteiger partial charge in [0.15, 0.2) is 11.4 Å². The topological polar surface area (TPSA) is 117 Å². The molecule has 182 valence electrons. The van der Waals surface area contributed by atoms with Crippen LogP contribution in [0.5, 0.6) is 0 Å². The maximum Gasteiger partial charge on any atom is 0.343 e. The van der Waals surface area contributed by atoms with Crippen molar-refractivity contribution in [3.05, 3.63) is 89.4 Å². The highest BCUT2D eigenvalue weighted by atomic mass is 16.5. The monoisotopic (exact) mass is 484 g/mol. The lowest BCUT2D eigenvalue weighted by atomic mass is 10.1. The molecule has 10 nitrogen and oxygen atoms in total. The number of rotatable bonds is 7. The molecular formula is C26H24N6O4. The zero-order valence-electron chi connectivity index (χ0n) is 20.1. The van der Waals surface area contributed by atoms with E-state index in [1.807, 2.05) is 42.8 Å². The zero-order chi connectivity index (χ0) is 25.2. The van der Waals surface area contributed by atoms with Gasteiger partial charge in [0.2, 0.25) is 0 Å². The first-order chi connectivity index (χ1) is 17.4. The number of nitrogens with zero attached hydrogens (tertiary/aromatic N) is 5. The molecule has 0 saturated carbocycles. The van der Waals surface area contributed by atoms with Gasteiger partial charge in [0, 0.05) is 23.1 Å². The third kappa shape index (κ3) is 4.48. The van der Waals surface area contributed by atoms with Crippen LogP contribution in [-0.4, -0.2) is 42.9 Å². The van der Waals surface area contributed by atoms with Crippen LogP contribution in [0.3, 0.4) is 0 Å². The smallest absolute Gasteiger partial charge is 0.343 e. The Labute approximate surface area is 206 Å². The molecule has 0 aliphatic carbocycles. The summed E-state index contributed by atoms with van der Waals surface area (Å²) in [5.74, 6) is -0.00563. The number of carbonyl (C=O) groups is 2. The third-order valence-electron chi connectivity index (χ3n) is 5.61. The van der Waals surface area contributed by atoms with Gasteiger partial charge in [-0.2, -0.15) is 10.2 Å². The molecule has 0 saturated heterocycles. The van der Waals surface area contributed by atoms with Crippen LogP contribution in [0.2, 0.25) is 0 Å². The summed E-state index contributed by atoms with van der Waals surface area (Å²) in [7, 11) is 0. The van der Waals surface area contributed by atoms with Crippen molar-refractivity contribution in [1.82, 2.24) is 24.4 Å². The minimum atomic E-state index is -0.478. The molecule has 36 heavy (non-hydrogen) atoms. The second kappa shape index (κ2) is 9.49. The molecule has 0 fully saturated rings. The maximum absolute atomic E-state index is 12.8. The van der Waals surface area contributed by atoms with E-state index in [1.54, 1.807) is 41.9 Å². The number of ether oxygens (including phenoxy) is 1. The SMILES string of the molecule is CCOC(=O)c1cnn2c(-c3cccc(NC(=O)c4ccc(Cn5nc(C)cc5C)o4)c3)ccnc12. The van der Waals surface area contributed by atoms with E-state index in [0.29, 0.717) is 29.3 Å². The highest BCUT2D eigenvalue weighted by Crippen LogP contribution is 2.25. The predicted octanol–water partition coefficient (Wildman–Crippen LogP) is 4.28. The number of amides is 1. The van der Waals surface area contributed by atoms with Gasteiger partial charge in [0.05, 0.1) is 30.7 Å². The van der Waals surface area contributed by atoms with E-state index in [4.69, 9.17) is 9.15 Å². The Kier molecular flexibility index (Phi) is 6.07. The lowest BCUT2D eigenvalue weighted by Gasteiger charge is -2.08. The van der Waals surface area contributed by atoms with Gasteiger partial charge in [0.25, 0.3) is 5.91 Å². The molecule has 4 aromatic heterocycles. The zero-order valence-corrected chi connectivity index (χ0v) is 20.1. The van der Waals surface area contributed by atoms with Crippen molar-refractivity contribution < 1.29 is 18.7 Å². The standard InChI is InChI=1S/C26H24N6O4/c1-4-35-26(34)21-14-28-32-22(10-11-27-24(21)32)18-6-5-7-19(13-18)29-25(33)23-9-8-20(36-23)15-31-17(3)12-16(2)30-31/h5-14H,4,15H2,1-3H3,(H,29,33). The molecule has 0 radical (unpaired) electrons. The lowest BCUT2D eigenvalue weighted by Crippen LogP contribution is -2.11. The Balaban J connectivity index is 1.35. The molecule has 1 N–H and O–H groups in total. The second-order valence-electron chi connectivity index (χ2n) is 8.23. The van der Waals surface area contributed by atoms with E-state index in [-0.39, 0.29) is 23.8 Å². The van der Waals surface area contributed by atoms with Gasteiger partial charge in [-0.25, -0.2) is 14.3 Å². The van der Waals surface area contributed by atoms with Crippen molar-refractivity contribution in [3.8, 4) is 11.3 Å². The van der Waals surface area contributed by atoms with Gasteiger partial charge < -0.3 is 14.5 Å². The average molecular weight is 485 g/mol. The molecule has 0 unspecified atom stereocenters. The Morgan fingerprint density at radius 3 is 2.75 bits per heavy atom. The van der Waals surface area contributed by atoms with Gasteiger partial charge in [-0.3, -0.25) is 9.48 Å². The van der Waals surface area contributed by atoms with Crippen LogP contribution in [0, 0.1) is 13.8 Å². The fourth-order valence-electron chi connectivity index (χ4n) is 3.98. The first kappa shape index (κ1) is 23.0. The summed E-state index contributed by atoms with van der Waals surface area (Å²) in [4.78, 5) is 29.4. The van der Waals surface area contributed by atoms with Crippen LogP contribution >= 0.6 is 0 Å². The number of carbonyl (C=O) groups excluding carboxylic acids is 2. The Morgan fingerprint density at radius 2 is 1.97 bits per heavy atom. The summed E-state index contributed by atoms with van der Waals surface area (Å²) in [6.07, 6.45) is 3.05. The summed E-state index contributed by atoms with van der Waals surface area (Å²) >= 11 is 0. The van der Waals surface area contributed by atoms with Crippen molar-refractivity contribution in [2.75, 3.05) is 11.9 Å². The maximum atomic E-state index is 12.8. The third-order valence-corrected chi connectivity index (χ3v) is 5.61. The number of esters is 1. The van der Waals surface area contributed by atoms with Gasteiger partial charge in [-0.05, 0) is 57.2 Å². The minimum Gasteiger partial charge on any atom is -0.462 e. The molecule has 0 spiro atoms. The molecule has 10 heteroatoms. The number of hydrogen-bond acceptors (Lipinski definition) is 7. The van der Waals surface area contributed by atoms with E-state index in [0.717, 1.165) is 17.0 Å². The van der Waals surface area contributed by atoms with Crippen LogP contribution in [0.25, 0.3) is 16.9 Å². The quantitative estimate of drug-likeness (QED) is 0.343. The average Bonchev–Trinajstić information content (AvgIpc) is 3.58. The molecule has 0 bridgehead atoms.